The van der Waals surface area contributed by atoms with Gasteiger partial charge in [0.05, 0.1) is 0 Å². The molecule has 1 saturated heterocycles. The highest BCUT2D eigenvalue weighted by Crippen LogP contribution is 2.48. The standard InChI is InChI=1S/C13H25N/c1-2-13(8-4-3-5-9-13)12-6-10-14-11-7-12/h12,14H,2-11H2,1H3. The lowest BCUT2D eigenvalue weighted by molar-refractivity contribution is 0.0674. The first-order valence-corrected chi connectivity index (χ1v) is 6.58. The normalized spacial score (nSPS) is 28.9. The Hall–Kier alpha value is -0.0400. The zero-order valence-electron chi connectivity index (χ0n) is 9.65. The molecule has 2 fully saturated rings. The van der Waals surface area contributed by atoms with Crippen LogP contribution in [0, 0.1) is 11.3 Å². The van der Waals surface area contributed by atoms with Crippen LogP contribution in [0.5, 0.6) is 0 Å². The molecule has 0 aromatic carbocycles. The molecule has 2 aliphatic rings. The van der Waals surface area contributed by atoms with Crippen LogP contribution in [0.15, 0.2) is 0 Å². The topological polar surface area (TPSA) is 12.0 Å². The van der Waals surface area contributed by atoms with E-state index in [0.717, 1.165) is 11.3 Å². The summed E-state index contributed by atoms with van der Waals surface area (Å²) in [5.41, 5.74) is 0.750. The second-order valence-electron chi connectivity index (χ2n) is 5.30. The highest BCUT2D eigenvalue weighted by molar-refractivity contribution is 4.90. The maximum Gasteiger partial charge on any atom is -0.00461 e. The van der Waals surface area contributed by atoms with E-state index in [2.05, 4.69) is 12.2 Å². The maximum atomic E-state index is 3.50. The van der Waals surface area contributed by atoms with Crippen LogP contribution in [-0.4, -0.2) is 13.1 Å². The van der Waals surface area contributed by atoms with E-state index in [4.69, 9.17) is 0 Å². The Balaban J connectivity index is 2.01. The van der Waals surface area contributed by atoms with Crippen LogP contribution in [0.1, 0.15) is 58.3 Å². The molecule has 0 unspecified atom stereocenters. The zero-order chi connectivity index (χ0) is 9.86. The molecule has 0 radical (unpaired) electrons. The van der Waals surface area contributed by atoms with Gasteiger partial charge < -0.3 is 5.32 Å². The zero-order valence-corrected chi connectivity index (χ0v) is 9.65. The van der Waals surface area contributed by atoms with Crippen LogP contribution in [0.2, 0.25) is 0 Å². The molecule has 0 spiro atoms. The molecule has 0 atom stereocenters. The van der Waals surface area contributed by atoms with E-state index in [1.807, 2.05) is 0 Å². The Morgan fingerprint density at radius 1 is 1.07 bits per heavy atom. The summed E-state index contributed by atoms with van der Waals surface area (Å²) in [5, 5.41) is 3.50. The number of hydrogen-bond donors (Lipinski definition) is 1. The van der Waals surface area contributed by atoms with Crippen LogP contribution in [0.3, 0.4) is 0 Å². The molecule has 1 nitrogen and oxygen atoms in total. The van der Waals surface area contributed by atoms with Crippen LogP contribution < -0.4 is 5.32 Å². The average molecular weight is 195 g/mol. The van der Waals surface area contributed by atoms with Crippen LogP contribution >= 0.6 is 0 Å². The van der Waals surface area contributed by atoms with E-state index < -0.39 is 0 Å². The SMILES string of the molecule is CCC1(C2CCNCC2)CCCCC1. The molecule has 0 aromatic rings. The fourth-order valence-electron chi connectivity index (χ4n) is 3.74. The number of nitrogens with one attached hydrogen (secondary N) is 1. The quantitative estimate of drug-likeness (QED) is 0.712. The van der Waals surface area contributed by atoms with E-state index in [9.17, 15) is 0 Å². The van der Waals surface area contributed by atoms with Gasteiger partial charge in [-0.05, 0) is 50.1 Å². The van der Waals surface area contributed by atoms with Crippen molar-refractivity contribution in [2.45, 2.75) is 58.3 Å². The van der Waals surface area contributed by atoms with Gasteiger partial charge in [-0.15, -0.1) is 0 Å². The third-order valence-electron chi connectivity index (χ3n) is 4.76. The van der Waals surface area contributed by atoms with E-state index >= 15 is 0 Å². The molecule has 14 heavy (non-hydrogen) atoms. The van der Waals surface area contributed by atoms with Crippen molar-refractivity contribution in [3.8, 4) is 0 Å². The summed E-state index contributed by atoms with van der Waals surface area (Å²) in [5.74, 6) is 1.04. The first-order chi connectivity index (χ1) is 6.87. The Morgan fingerprint density at radius 3 is 2.29 bits per heavy atom. The Morgan fingerprint density at radius 2 is 1.71 bits per heavy atom. The summed E-state index contributed by atoms with van der Waals surface area (Å²) in [6.45, 7) is 4.96. The summed E-state index contributed by atoms with van der Waals surface area (Å²) in [4.78, 5) is 0. The van der Waals surface area contributed by atoms with Gasteiger partial charge >= 0.3 is 0 Å². The van der Waals surface area contributed by atoms with E-state index in [-0.39, 0.29) is 0 Å². The summed E-state index contributed by atoms with van der Waals surface area (Å²) in [7, 11) is 0. The van der Waals surface area contributed by atoms with Gasteiger partial charge in [0.2, 0.25) is 0 Å². The molecule has 0 amide bonds. The Labute approximate surface area is 88.7 Å². The van der Waals surface area contributed by atoms with Crippen molar-refractivity contribution in [1.82, 2.24) is 5.32 Å². The molecule has 1 saturated carbocycles. The van der Waals surface area contributed by atoms with E-state index in [1.54, 1.807) is 0 Å². The van der Waals surface area contributed by atoms with Gasteiger partial charge in [-0.3, -0.25) is 0 Å². The van der Waals surface area contributed by atoms with Crippen molar-refractivity contribution in [2.24, 2.45) is 11.3 Å². The summed E-state index contributed by atoms with van der Waals surface area (Å²) in [6.07, 6.45) is 11.8. The fourth-order valence-corrected chi connectivity index (χ4v) is 3.74. The summed E-state index contributed by atoms with van der Waals surface area (Å²) in [6, 6.07) is 0. The smallest absolute Gasteiger partial charge is 0.00461 e. The van der Waals surface area contributed by atoms with Crippen molar-refractivity contribution in [1.29, 1.82) is 0 Å². The van der Waals surface area contributed by atoms with Crippen molar-refractivity contribution < 1.29 is 0 Å². The van der Waals surface area contributed by atoms with Gasteiger partial charge in [-0.25, -0.2) is 0 Å². The average Bonchev–Trinajstić information content (AvgIpc) is 2.31. The van der Waals surface area contributed by atoms with E-state index in [1.165, 1.54) is 64.5 Å². The van der Waals surface area contributed by atoms with E-state index in [0.29, 0.717) is 0 Å². The monoisotopic (exact) mass is 195 g/mol. The molecule has 82 valence electrons. The second-order valence-corrected chi connectivity index (χ2v) is 5.30. The first kappa shape index (κ1) is 10.5. The van der Waals surface area contributed by atoms with Crippen LogP contribution in [0.4, 0.5) is 0 Å². The van der Waals surface area contributed by atoms with Crippen molar-refractivity contribution >= 4 is 0 Å². The second kappa shape index (κ2) is 4.65. The van der Waals surface area contributed by atoms with Gasteiger partial charge in [0.15, 0.2) is 0 Å². The fraction of sp³-hybridized carbons (Fsp3) is 1.00. The van der Waals surface area contributed by atoms with Crippen molar-refractivity contribution in [3.63, 3.8) is 0 Å². The molecule has 1 heteroatoms. The third kappa shape index (κ3) is 1.98. The minimum Gasteiger partial charge on any atom is -0.317 e. The summed E-state index contributed by atoms with van der Waals surface area (Å²) < 4.78 is 0. The number of rotatable bonds is 2. The lowest BCUT2D eigenvalue weighted by Gasteiger charge is -2.45. The lowest BCUT2D eigenvalue weighted by atomic mass is 9.62. The van der Waals surface area contributed by atoms with Crippen molar-refractivity contribution in [2.75, 3.05) is 13.1 Å². The molecule has 1 heterocycles. The van der Waals surface area contributed by atoms with Crippen molar-refractivity contribution in [3.05, 3.63) is 0 Å². The number of hydrogen-bond acceptors (Lipinski definition) is 1. The molecule has 1 aliphatic carbocycles. The third-order valence-corrected chi connectivity index (χ3v) is 4.76. The molecule has 2 rings (SSSR count). The van der Waals surface area contributed by atoms with Gasteiger partial charge in [0.1, 0.15) is 0 Å². The minimum atomic E-state index is 0.750. The van der Waals surface area contributed by atoms with Gasteiger partial charge in [-0.1, -0.05) is 32.6 Å². The molecular formula is C13H25N. The molecular weight excluding hydrogens is 170 g/mol. The molecule has 1 aliphatic heterocycles. The largest absolute Gasteiger partial charge is 0.317 e. The summed E-state index contributed by atoms with van der Waals surface area (Å²) >= 11 is 0. The molecule has 1 N–H and O–H groups in total. The number of piperidine rings is 1. The van der Waals surface area contributed by atoms with Gasteiger partial charge in [-0.2, -0.15) is 0 Å². The maximum absolute atomic E-state index is 3.50. The van der Waals surface area contributed by atoms with Gasteiger partial charge in [0, 0.05) is 0 Å². The Kier molecular flexibility index (Phi) is 3.48. The lowest BCUT2D eigenvalue weighted by Crippen LogP contribution is -2.39. The molecule has 0 bridgehead atoms. The molecule has 0 aromatic heterocycles. The highest BCUT2D eigenvalue weighted by Gasteiger charge is 2.38. The predicted molar refractivity (Wildman–Crippen MR) is 61.4 cm³/mol. The van der Waals surface area contributed by atoms with Gasteiger partial charge in [0.25, 0.3) is 0 Å². The predicted octanol–water partition coefficient (Wildman–Crippen LogP) is 3.35. The highest BCUT2D eigenvalue weighted by atomic mass is 14.9. The van der Waals surface area contributed by atoms with Crippen LogP contribution in [-0.2, 0) is 0 Å². The van der Waals surface area contributed by atoms with Crippen LogP contribution in [0.25, 0.3) is 0 Å². The minimum absolute atomic E-state index is 0.750. The Bertz CT molecular complexity index is 164. The first-order valence-electron chi connectivity index (χ1n) is 6.58.